The molecule has 0 aliphatic heterocycles. The molecule has 0 unspecified atom stereocenters. The van der Waals surface area contributed by atoms with Crippen molar-refractivity contribution in [3.05, 3.63) is 23.8 Å². The minimum absolute atomic E-state index is 0.610. The van der Waals surface area contributed by atoms with Crippen LogP contribution in [0.1, 0.15) is 35.4 Å². The molecule has 0 amide bonds. The van der Waals surface area contributed by atoms with Crippen LogP contribution in [0.2, 0.25) is 0 Å². The number of hydrogen-bond acceptors (Lipinski definition) is 2. The van der Waals surface area contributed by atoms with Gasteiger partial charge in [0.05, 0.1) is 5.69 Å². The lowest BCUT2D eigenvalue weighted by Crippen LogP contribution is -1.99. The van der Waals surface area contributed by atoms with Crippen molar-refractivity contribution in [2.75, 3.05) is 0 Å². The van der Waals surface area contributed by atoms with E-state index in [1.165, 1.54) is 0 Å². The molecule has 0 bridgehead atoms. The third-order valence-electron chi connectivity index (χ3n) is 1.97. The van der Waals surface area contributed by atoms with Gasteiger partial charge < -0.3 is 4.57 Å². The Labute approximate surface area is 78.1 Å². The van der Waals surface area contributed by atoms with Gasteiger partial charge in [-0.15, -0.1) is 0 Å². The number of hydrogen-bond donors (Lipinski definition) is 0. The third-order valence-corrected chi connectivity index (χ3v) is 1.97. The van der Waals surface area contributed by atoms with E-state index in [2.05, 4.69) is 18.5 Å². The minimum Gasteiger partial charge on any atom is -0.301 e. The zero-order chi connectivity index (χ0) is 9.84. The summed E-state index contributed by atoms with van der Waals surface area (Å²) in [5.41, 5.74) is 1.39. The maximum atomic E-state index is 10.7. The molecule has 0 fully saturated rings. The summed E-state index contributed by atoms with van der Waals surface area (Å²) < 4.78 is 1.76. The van der Waals surface area contributed by atoms with Crippen molar-refractivity contribution in [3.8, 4) is 0 Å². The van der Waals surface area contributed by atoms with E-state index in [-0.39, 0.29) is 0 Å². The molecule has 0 N–H and O–H groups in total. The normalized spacial score (nSPS) is 10.0. The summed E-state index contributed by atoms with van der Waals surface area (Å²) in [5.74, 6) is 0.914. The Bertz CT molecular complexity index is 326. The molecule has 1 aromatic rings. The lowest BCUT2D eigenvalue weighted by Gasteiger charge is -2.00. The molecule has 13 heavy (non-hydrogen) atoms. The molecule has 1 rings (SSSR count). The lowest BCUT2D eigenvalue weighted by atomic mass is 10.3. The zero-order valence-electron chi connectivity index (χ0n) is 8.08. The largest absolute Gasteiger partial charge is 0.301 e. The van der Waals surface area contributed by atoms with Gasteiger partial charge in [0.1, 0.15) is 11.5 Å². The van der Waals surface area contributed by atoms with Gasteiger partial charge in [-0.2, -0.15) is 0 Å². The van der Waals surface area contributed by atoms with Gasteiger partial charge in [-0.05, 0) is 13.3 Å². The van der Waals surface area contributed by atoms with E-state index in [0.29, 0.717) is 5.69 Å². The van der Waals surface area contributed by atoms with Crippen molar-refractivity contribution in [2.24, 2.45) is 0 Å². The van der Waals surface area contributed by atoms with Gasteiger partial charge in [-0.3, -0.25) is 4.79 Å². The number of rotatable bonds is 4. The number of aldehydes is 1. The fourth-order valence-electron chi connectivity index (χ4n) is 1.36. The van der Waals surface area contributed by atoms with Crippen LogP contribution < -0.4 is 0 Å². The first-order valence-corrected chi connectivity index (χ1v) is 4.40. The van der Waals surface area contributed by atoms with Gasteiger partial charge in [0.2, 0.25) is 0 Å². The standard InChI is InChI=1S/C10H14N2O/c1-4-6-10-11-8(3)9(7-13)12(10)5-2/h5,7H,2,4,6H2,1,3H3. The monoisotopic (exact) mass is 178 g/mol. The van der Waals surface area contributed by atoms with Crippen LogP contribution >= 0.6 is 0 Å². The highest BCUT2D eigenvalue weighted by molar-refractivity contribution is 5.75. The predicted molar refractivity (Wildman–Crippen MR) is 52.7 cm³/mol. The number of imidazole rings is 1. The highest BCUT2D eigenvalue weighted by Gasteiger charge is 2.10. The smallest absolute Gasteiger partial charge is 0.168 e. The van der Waals surface area contributed by atoms with Crippen LogP contribution in [0.5, 0.6) is 0 Å². The molecule has 0 aliphatic rings. The van der Waals surface area contributed by atoms with Gasteiger partial charge in [-0.1, -0.05) is 13.5 Å². The Balaban J connectivity index is 3.20. The molecule has 0 atom stereocenters. The average molecular weight is 178 g/mol. The van der Waals surface area contributed by atoms with E-state index in [1.54, 1.807) is 10.8 Å². The van der Waals surface area contributed by atoms with E-state index in [4.69, 9.17) is 0 Å². The quantitative estimate of drug-likeness (QED) is 0.661. The molecule has 0 spiro atoms. The Kier molecular flexibility index (Phi) is 3.01. The van der Waals surface area contributed by atoms with E-state index < -0.39 is 0 Å². The number of aryl methyl sites for hydroxylation is 2. The Morgan fingerprint density at radius 3 is 2.77 bits per heavy atom. The Hall–Kier alpha value is -1.38. The zero-order valence-corrected chi connectivity index (χ0v) is 8.08. The van der Waals surface area contributed by atoms with Gasteiger partial charge >= 0.3 is 0 Å². The van der Waals surface area contributed by atoms with Crippen molar-refractivity contribution in [2.45, 2.75) is 26.7 Å². The van der Waals surface area contributed by atoms with Gasteiger partial charge in [0.25, 0.3) is 0 Å². The summed E-state index contributed by atoms with van der Waals surface area (Å²) in [6, 6.07) is 0. The molecule has 3 nitrogen and oxygen atoms in total. The summed E-state index contributed by atoms with van der Waals surface area (Å²) in [6.45, 7) is 7.58. The second-order valence-electron chi connectivity index (χ2n) is 2.92. The minimum atomic E-state index is 0.610. The molecule has 3 heteroatoms. The first-order chi connectivity index (χ1) is 6.24. The highest BCUT2D eigenvalue weighted by Crippen LogP contribution is 2.11. The van der Waals surface area contributed by atoms with Gasteiger partial charge in [0.15, 0.2) is 6.29 Å². The Morgan fingerprint density at radius 1 is 1.62 bits per heavy atom. The number of carbonyl (C=O) groups is 1. The summed E-state index contributed by atoms with van der Waals surface area (Å²) in [5, 5.41) is 0. The van der Waals surface area contributed by atoms with Crippen LogP contribution in [0, 0.1) is 6.92 Å². The van der Waals surface area contributed by atoms with E-state index in [1.807, 2.05) is 6.92 Å². The first-order valence-electron chi connectivity index (χ1n) is 4.40. The van der Waals surface area contributed by atoms with Crippen molar-refractivity contribution < 1.29 is 4.79 Å². The molecule has 0 saturated carbocycles. The van der Waals surface area contributed by atoms with Crippen molar-refractivity contribution in [3.63, 3.8) is 0 Å². The number of aromatic nitrogens is 2. The molecule has 0 saturated heterocycles. The van der Waals surface area contributed by atoms with Crippen LogP contribution in [0.25, 0.3) is 6.20 Å². The topological polar surface area (TPSA) is 34.9 Å². The maximum Gasteiger partial charge on any atom is 0.168 e. The van der Waals surface area contributed by atoms with Crippen LogP contribution in [0.3, 0.4) is 0 Å². The fourth-order valence-corrected chi connectivity index (χ4v) is 1.36. The summed E-state index contributed by atoms with van der Waals surface area (Å²) in [7, 11) is 0. The molecule has 0 radical (unpaired) electrons. The molecule has 0 aliphatic carbocycles. The Morgan fingerprint density at radius 2 is 2.31 bits per heavy atom. The van der Waals surface area contributed by atoms with Crippen LogP contribution in [0.15, 0.2) is 6.58 Å². The second-order valence-corrected chi connectivity index (χ2v) is 2.92. The molecule has 70 valence electrons. The third kappa shape index (κ3) is 1.69. The molecule has 1 heterocycles. The van der Waals surface area contributed by atoms with Crippen molar-refractivity contribution in [1.82, 2.24) is 9.55 Å². The van der Waals surface area contributed by atoms with Crippen LogP contribution in [-0.2, 0) is 6.42 Å². The van der Waals surface area contributed by atoms with Crippen LogP contribution in [0.4, 0.5) is 0 Å². The maximum absolute atomic E-state index is 10.7. The summed E-state index contributed by atoms with van der Waals surface area (Å²) in [4.78, 5) is 15.0. The van der Waals surface area contributed by atoms with Crippen LogP contribution in [-0.4, -0.2) is 15.8 Å². The van der Waals surface area contributed by atoms with Crippen molar-refractivity contribution in [1.29, 1.82) is 0 Å². The van der Waals surface area contributed by atoms with Gasteiger partial charge in [0, 0.05) is 12.6 Å². The predicted octanol–water partition coefficient (Wildman–Crippen LogP) is 2.06. The lowest BCUT2D eigenvalue weighted by molar-refractivity contribution is 0.111. The first kappa shape index (κ1) is 9.71. The van der Waals surface area contributed by atoms with Crippen molar-refractivity contribution >= 4 is 12.5 Å². The second kappa shape index (κ2) is 4.03. The van der Waals surface area contributed by atoms with Gasteiger partial charge in [-0.25, -0.2) is 4.98 Å². The molecule has 1 aromatic heterocycles. The SMILES string of the molecule is C=Cn1c(CCC)nc(C)c1C=O. The molecule has 0 aromatic carbocycles. The number of carbonyl (C=O) groups excluding carboxylic acids is 1. The van der Waals surface area contributed by atoms with E-state index in [0.717, 1.165) is 30.6 Å². The summed E-state index contributed by atoms with van der Waals surface area (Å²) in [6.07, 6.45) is 4.35. The van der Waals surface area contributed by atoms with E-state index in [9.17, 15) is 4.79 Å². The fraction of sp³-hybridized carbons (Fsp3) is 0.400. The molecular formula is C10H14N2O. The number of nitrogens with zero attached hydrogens (tertiary/aromatic N) is 2. The average Bonchev–Trinajstić information content (AvgIpc) is 2.41. The highest BCUT2D eigenvalue weighted by atomic mass is 16.1. The molecular weight excluding hydrogens is 164 g/mol. The summed E-state index contributed by atoms with van der Waals surface area (Å²) >= 11 is 0. The van der Waals surface area contributed by atoms with E-state index >= 15 is 0 Å².